The molecular formula is C12H15BrN2O3. The second-order valence-corrected chi connectivity index (χ2v) is 5.26. The van der Waals surface area contributed by atoms with E-state index in [0.29, 0.717) is 11.6 Å². The number of nitrogens with zero attached hydrogens (tertiary/aromatic N) is 1. The molecule has 1 aliphatic rings. The van der Waals surface area contributed by atoms with E-state index in [1.54, 1.807) is 13.0 Å². The summed E-state index contributed by atoms with van der Waals surface area (Å²) in [6, 6.07) is 3.74. The first-order chi connectivity index (χ1) is 8.58. The summed E-state index contributed by atoms with van der Waals surface area (Å²) in [6.07, 6.45) is 1.92. The Morgan fingerprint density at radius 3 is 2.72 bits per heavy atom. The minimum atomic E-state index is -0.363. The van der Waals surface area contributed by atoms with Crippen LogP contribution in [0.5, 0.6) is 0 Å². The molecule has 1 N–H and O–H groups in total. The summed E-state index contributed by atoms with van der Waals surface area (Å²) in [7, 11) is 0. The number of nitro groups is 1. The van der Waals surface area contributed by atoms with E-state index in [4.69, 9.17) is 4.74 Å². The summed E-state index contributed by atoms with van der Waals surface area (Å²) in [5, 5.41) is 14.2. The van der Waals surface area contributed by atoms with Gasteiger partial charge in [0.2, 0.25) is 0 Å². The quantitative estimate of drug-likeness (QED) is 0.687. The summed E-state index contributed by atoms with van der Waals surface area (Å²) in [5.41, 5.74) is 1.71. The highest BCUT2D eigenvalue weighted by Gasteiger charge is 2.18. The average Bonchev–Trinajstić information content (AvgIpc) is 2.34. The Morgan fingerprint density at radius 1 is 1.44 bits per heavy atom. The maximum atomic E-state index is 10.8. The minimum absolute atomic E-state index is 0.138. The Bertz CT molecular complexity index is 459. The van der Waals surface area contributed by atoms with Gasteiger partial charge < -0.3 is 10.1 Å². The Balaban J connectivity index is 2.18. The van der Waals surface area contributed by atoms with Crippen LogP contribution < -0.4 is 5.32 Å². The number of nitrogens with one attached hydrogen (secondary N) is 1. The maximum absolute atomic E-state index is 10.8. The van der Waals surface area contributed by atoms with E-state index in [-0.39, 0.29) is 10.6 Å². The van der Waals surface area contributed by atoms with Crippen LogP contribution in [0.3, 0.4) is 0 Å². The van der Waals surface area contributed by atoms with Crippen molar-refractivity contribution in [2.24, 2.45) is 0 Å². The van der Waals surface area contributed by atoms with E-state index < -0.39 is 0 Å². The molecule has 1 aromatic carbocycles. The number of anilines is 1. The number of rotatable bonds is 3. The molecule has 1 aromatic rings. The lowest BCUT2D eigenvalue weighted by Crippen LogP contribution is -2.28. The fraction of sp³-hybridized carbons (Fsp3) is 0.500. The Kier molecular flexibility index (Phi) is 4.19. The average molecular weight is 315 g/mol. The smallest absolute Gasteiger partial charge is 0.273 e. The number of hydrogen-bond acceptors (Lipinski definition) is 4. The van der Waals surface area contributed by atoms with Crippen LogP contribution in [0, 0.1) is 17.0 Å². The normalized spacial score (nSPS) is 16.6. The molecule has 1 aliphatic heterocycles. The van der Waals surface area contributed by atoms with Crippen LogP contribution in [0.25, 0.3) is 0 Å². The highest BCUT2D eigenvalue weighted by Crippen LogP contribution is 2.31. The van der Waals surface area contributed by atoms with Crippen molar-refractivity contribution in [2.45, 2.75) is 25.8 Å². The van der Waals surface area contributed by atoms with Crippen molar-refractivity contribution in [3.8, 4) is 0 Å². The lowest BCUT2D eigenvalue weighted by Gasteiger charge is -2.24. The Morgan fingerprint density at radius 2 is 2.11 bits per heavy atom. The molecule has 0 unspecified atom stereocenters. The highest BCUT2D eigenvalue weighted by atomic mass is 79.9. The number of hydrogen-bond donors (Lipinski definition) is 1. The van der Waals surface area contributed by atoms with Gasteiger partial charge in [0.1, 0.15) is 0 Å². The molecule has 0 amide bonds. The number of aryl methyl sites for hydroxylation is 1. The predicted octanol–water partition coefficient (Wildman–Crippen LogP) is 3.26. The summed E-state index contributed by atoms with van der Waals surface area (Å²) in [5.74, 6) is 0. The van der Waals surface area contributed by atoms with Gasteiger partial charge in [-0.25, -0.2) is 0 Å². The van der Waals surface area contributed by atoms with E-state index in [2.05, 4.69) is 21.2 Å². The molecule has 1 fully saturated rings. The lowest BCUT2D eigenvalue weighted by atomic mass is 10.1. The zero-order chi connectivity index (χ0) is 13.1. The van der Waals surface area contributed by atoms with Crippen LogP contribution in [0.4, 0.5) is 11.4 Å². The molecule has 98 valence electrons. The molecule has 1 heterocycles. The van der Waals surface area contributed by atoms with E-state index in [9.17, 15) is 10.1 Å². The van der Waals surface area contributed by atoms with Gasteiger partial charge in [-0.15, -0.1) is 0 Å². The molecular weight excluding hydrogens is 300 g/mol. The van der Waals surface area contributed by atoms with Crippen LogP contribution in [0.1, 0.15) is 18.4 Å². The maximum Gasteiger partial charge on any atom is 0.273 e. The zero-order valence-corrected chi connectivity index (χ0v) is 11.7. The zero-order valence-electron chi connectivity index (χ0n) is 10.1. The molecule has 5 nitrogen and oxygen atoms in total. The van der Waals surface area contributed by atoms with Gasteiger partial charge in [-0.05, 0) is 41.8 Å². The summed E-state index contributed by atoms with van der Waals surface area (Å²) >= 11 is 3.38. The van der Waals surface area contributed by atoms with Crippen molar-refractivity contribution in [3.05, 3.63) is 32.3 Å². The van der Waals surface area contributed by atoms with Gasteiger partial charge in [-0.2, -0.15) is 0 Å². The first-order valence-corrected chi connectivity index (χ1v) is 6.66. The SMILES string of the molecule is Cc1cc(NC2CCOCC2)c(Br)cc1[N+](=O)[O-]. The molecule has 0 aromatic heterocycles. The fourth-order valence-corrected chi connectivity index (χ4v) is 2.49. The van der Waals surface area contributed by atoms with Crippen molar-refractivity contribution in [3.63, 3.8) is 0 Å². The van der Waals surface area contributed by atoms with Crippen molar-refractivity contribution < 1.29 is 9.66 Å². The van der Waals surface area contributed by atoms with Gasteiger partial charge in [-0.3, -0.25) is 10.1 Å². The second kappa shape index (κ2) is 5.67. The molecule has 6 heteroatoms. The van der Waals surface area contributed by atoms with Crippen LogP contribution in [0.2, 0.25) is 0 Å². The molecule has 1 saturated heterocycles. The number of benzene rings is 1. The minimum Gasteiger partial charge on any atom is -0.381 e. The van der Waals surface area contributed by atoms with Gasteiger partial charge in [0.25, 0.3) is 5.69 Å². The number of halogens is 1. The van der Waals surface area contributed by atoms with E-state index in [1.807, 2.05) is 6.07 Å². The molecule has 0 spiro atoms. The number of nitro benzene ring substituents is 1. The Labute approximate surface area is 114 Å². The van der Waals surface area contributed by atoms with Gasteiger partial charge >= 0.3 is 0 Å². The molecule has 0 atom stereocenters. The van der Waals surface area contributed by atoms with Crippen LogP contribution in [-0.2, 0) is 4.74 Å². The summed E-state index contributed by atoms with van der Waals surface area (Å²) in [4.78, 5) is 10.5. The standard InChI is InChI=1S/C12H15BrN2O3/c1-8-6-11(10(13)7-12(8)15(16)17)14-9-2-4-18-5-3-9/h6-7,9,14H,2-5H2,1H3. The third-order valence-corrected chi connectivity index (χ3v) is 3.72. The topological polar surface area (TPSA) is 64.4 Å². The summed E-state index contributed by atoms with van der Waals surface area (Å²) in [6.45, 7) is 3.28. The molecule has 0 bridgehead atoms. The molecule has 0 radical (unpaired) electrons. The van der Waals surface area contributed by atoms with E-state index >= 15 is 0 Å². The van der Waals surface area contributed by atoms with Gasteiger partial charge in [-0.1, -0.05) is 0 Å². The molecule has 0 saturated carbocycles. The van der Waals surface area contributed by atoms with E-state index in [0.717, 1.165) is 36.2 Å². The van der Waals surface area contributed by atoms with Crippen molar-refractivity contribution in [1.82, 2.24) is 0 Å². The Hall–Kier alpha value is -1.14. The van der Waals surface area contributed by atoms with Crippen molar-refractivity contribution in [1.29, 1.82) is 0 Å². The van der Waals surface area contributed by atoms with Crippen LogP contribution in [-0.4, -0.2) is 24.2 Å². The molecule has 0 aliphatic carbocycles. The van der Waals surface area contributed by atoms with Crippen LogP contribution >= 0.6 is 15.9 Å². The third kappa shape index (κ3) is 3.00. The van der Waals surface area contributed by atoms with Crippen molar-refractivity contribution >= 4 is 27.3 Å². The van der Waals surface area contributed by atoms with Gasteiger partial charge in [0.05, 0.1) is 4.92 Å². The van der Waals surface area contributed by atoms with Gasteiger partial charge in [0.15, 0.2) is 0 Å². The van der Waals surface area contributed by atoms with E-state index in [1.165, 1.54) is 0 Å². The second-order valence-electron chi connectivity index (χ2n) is 4.41. The first-order valence-electron chi connectivity index (χ1n) is 5.86. The van der Waals surface area contributed by atoms with Crippen LogP contribution in [0.15, 0.2) is 16.6 Å². The molecule has 18 heavy (non-hydrogen) atoms. The summed E-state index contributed by atoms with van der Waals surface area (Å²) < 4.78 is 6.03. The van der Waals surface area contributed by atoms with Gasteiger partial charge in [0, 0.05) is 41.0 Å². The largest absolute Gasteiger partial charge is 0.381 e. The third-order valence-electron chi connectivity index (χ3n) is 3.06. The fourth-order valence-electron chi connectivity index (χ4n) is 2.04. The highest BCUT2D eigenvalue weighted by molar-refractivity contribution is 9.10. The van der Waals surface area contributed by atoms with Crippen molar-refractivity contribution in [2.75, 3.05) is 18.5 Å². The number of ether oxygens (including phenoxy) is 1. The lowest BCUT2D eigenvalue weighted by molar-refractivity contribution is -0.385. The predicted molar refractivity (Wildman–Crippen MR) is 73.0 cm³/mol. The first kappa shape index (κ1) is 13.3. The molecule has 2 rings (SSSR count). The monoisotopic (exact) mass is 314 g/mol.